The number of aliphatic hydroxyl groups is 2. The number of rotatable bonds is 62. The van der Waals surface area contributed by atoms with Crippen molar-refractivity contribution in [2.24, 2.45) is 0 Å². The lowest BCUT2D eigenvalue weighted by molar-refractivity contribution is -0.143. The van der Waals surface area contributed by atoms with Gasteiger partial charge in [0.05, 0.1) is 25.4 Å². The maximum Gasteiger partial charge on any atom is 0.305 e. The quantitative estimate of drug-likeness (QED) is 0.0320. The van der Waals surface area contributed by atoms with Gasteiger partial charge in [0.2, 0.25) is 5.91 Å². The molecule has 2 atom stereocenters. The number of unbranched alkanes of at least 4 members (excludes halogenated alkanes) is 43. The van der Waals surface area contributed by atoms with Gasteiger partial charge in [-0.25, -0.2) is 0 Å². The summed E-state index contributed by atoms with van der Waals surface area (Å²) >= 11 is 0. The van der Waals surface area contributed by atoms with Gasteiger partial charge in [-0.05, 0) is 96.3 Å². The van der Waals surface area contributed by atoms with Crippen LogP contribution in [-0.4, -0.2) is 47.4 Å². The lowest BCUT2D eigenvalue weighted by Crippen LogP contribution is -2.45. The van der Waals surface area contributed by atoms with E-state index in [9.17, 15) is 19.8 Å². The van der Waals surface area contributed by atoms with Gasteiger partial charge in [0.15, 0.2) is 0 Å². The molecule has 0 aliphatic heterocycles. The van der Waals surface area contributed by atoms with Gasteiger partial charge >= 0.3 is 5.97 Å². The molecule has 0 bridgehead atoms. The molecule has 76 heavy (non-hydrogen) atoms. The first-order valence-electron chi connectivity index (χ1n) is 33.6. The summed E-state index contributed by atoms with van der Waals surface area (Å²) in [5, 5.41) is 23.2. The number of aliphatic hydroxyl groups excluding tert-OH is 2. The smallest absolute Gasteiger partial charge is 0.305 e. The molecule has 3 N–H and O–H groups in total. The molecule has 0 heterocycles. The molecule has 0 spiro atoms. The molecular formula is C70H129NO5. The highest BCUT2D eigenvalue weighted by atomic mass is 16.5. The summed E-state index contributed by atoms with van der Waals surface area (Å²) < 4.78 is 5.48. The third kappa shape index (κ3) is 60.8. The van der Waals surface area contributed by atoms with Crippen molar-refractivity contribution in [1.82, 2.24) is 5.32 Å². The van der Waals surface area contributed by atoms with Gasteiger partial charge in [0, 0.05) is 12.8 Å². The zero-order valence-electron chi connectivity index (χ0n) is 50.7. The molecular weight excluding hydrogens is 935 g/mol. The van der Waals surface area contributed by atoms with Crippen molar-refractivity contribution >= 4 is 11.9 Å². The van der Waals surface area contributed by atoms with E-state index in [0.29, 0.717) is 19.4 Å². The molecule has 0 aliphatic rings. The predicted molar refractivity (Wildman–Crippen MR) is 333 cm³/mol. The Balaban J connectivity index is 3.45. The Hall–Kier alpha value is -2.44. The minimum absolute atomic E-state index is 0.00356. The third-order valence-corrected chi connectivity index (χ3v) is 15.3. The van der Waals surface area contributed by atoms with Crippen LogP contribution in [0.3, 0.4) is 0 Å². The fraction of sp³-hybridized carbons (Fsp3) is 0.829. The SMILES string of the molecule is CCCCCC/C=C\C/C=C\CCCCCCCC(=O)OCCCCCCCCCCC/C=C\C/C=C\CCCCCCCCCCCCCC(=O)NC(CO)C(O)/C=C/CCCCCCCCCCCCCCCC. The summed E-state index contributed by atoms with van der Waals surface area (Å²) in [4.78, 5) is 24.6. The monoisotopic (exact) mass is 1060 g/mol. The largest absolute Gasteiger partial charge is 0.466 e. The normalized spacial score (nSPS) is 12.9. The molecule has 444 valence electrons. The molecule has 0 saturated heterocycles. The highest BCUT2D eigenvalue weighted by Gasteiger charge is 2.18. The second-order valence-corrected chi connectivity index (χ2v) is 22.8. The van der Waals surface area contributed by atoms with Crippen LogP contribution in [0.15, 0.2) is 60.8 Å². The number of allylic oxidation sites excluding steroid dienone is 9. The first kappa shape index (κ1) is 73.6. The van der Waals surface area contributed by atoms with Crippen molar-refractivity contribution in [1.29, 1.82) is 0 Å². The van der Waals surface area contributed by atoms with Crippen molar-refractivity contribution in [3.8, 4) is 0 Å². The average molecular weight is 1060 g/mol. The Kier molecular flexibility index (Phi) is 63.0. The molecule has 0 aromatic rings. The third-order valence-electron chi connectivity index (χ3n) is 15.3. The fourth-order valence-corrected chi connectivity index (χ4v) is 10.1. The van der Waals surface area contributed by atoms with E-state index in [4.69, 9.17) is 4.74 Å². The van der Waals surface area contributed by atoms with Crippen molar-refractivity contribution in [3.63, 3.8) is 0 Å². The molecule has 0 aromatic carbocycles. The zero-order chi connectivity index (χ0) is 55.0. The fourth-order valence-electron chi connectivity index (χ4n) is 10.1. The van der Waals surface area contributed by atoms with E-state index in [1.54, 1.807) is 6.08 Å². The average Bonchev–Trinajstić information content (AvgIpc) is 3.42. The molecule has 1 amide bonds. The summed E-state index contributed by atoms with van der Waals surface area (Å²) in [7, 11) is 0. The van der Waals surface area contributed by atoms with Crippen LogP contribution in [0.1, 0.15) is 348 Å². The van der Waals surface area contributed by atoms with Crippen LogP contribution in [0.4, 0.5) is 0 Å². The number of amides is 1. The van der Waals surface area contributed by atoms with E-state index in [-0.39, 0.29) is 18.5 Å². The molecule has 6 heteroatoms. The van der Waals surface area contributed by atoms with Gasteiger partial charge < -0.3 is 20.3 Å². The van der Waals surface area contributed by atoms with Gasteiger partial charge in [-0.2, -0.15) is 0 Å². The molecule has 0 fully saturated rings. The Bertz CT molecular complexity index is 1320. The Morgan fingerprint density at radius 2 is 0.658 bits per heavy atom. The summed E-state index contributed by atoms with van der Waals surface area (Å²) in [5.74, 6) is -0.0738. The molecule has 0 radical (unpaired) electrons. The zero-order valence-corrected chi connectivity index (χ0v) is 50.7. The first-order valence-corrected chi connectivity index (χ1v) is 33.6. The summed E-state index contributed by atoms with van der Waals surface area (Å²) in [6, 6.07) is -0.632. The van der Waals surface area contributed by atoms with E-state index in [1.165, 1.54) is 263 Å². The molecule has 2 unspecified atom stereocenters. The molecule has 0 rings (SSSR count). The number of hydrogen-bond donors (Lipinski definition) is 3. The van der Waals surface area contributed by atoms with Crippen LogP contribution in [0.5, 0.6) is 0 Å². The molecule has 6 nitrogen and oxygen atoms in total. The standard InChI is InChI=1S/C70H129NO5/c1-3-5-7-9-11-13-15-17-19-34-38-42-46-50-54-58-62-68(73)67(66-72)71-69(74)63-59-55-51-47-43-39-35-32-30-28-26-24-22-21-23-25-27-29-31-33-37-41-45-49-53-57-61-65-76-70(75)64-60-56-52-48-44-40-36-20-18-16-14-12-10-8-6-4-2/h14,16,20-22,25,27,36,58,62,67-68,72-73H,3-13,15,17-19,23-24,26,28-35,37-57,59-61,63-66H2,1-2H3,(H,71,74)/b16-14-,22-21-,27-25-,36-20-,62-58+. The van der Waals surface area contributed by atoms with Gasteiger partial charge in [-0.1, -0.05) is 299 Å². The predicted octanol–water partition coefficient (Wildman–Crippen LogP) is 21.5. The van der Waals surface area contributed by atoms with Crippen molar-refractivity contribution < 1.29 is 24.5 Å². The highest BCUT2D eigenvalue weighted by Crippen LogP contribution is 2.17. The molecule has 0 aliphatic carbocycles. The number of carbonyl (C=O) groups is 2. The van der Waals surface area contributed by atoms with Crippen LogP contribution in [0, 0.1) is 0 Å². The number of carbonyl (C=O) groups excluding carboxylic acids is 2. The summed E-state index contributed by atoms with van der Waals surface area (Å²) in [6.45, 7) is 4.89. The maximum atomic E-state index is 12.5. The van der Waals surface area contributed by atoms with Crippen molar-refractivity contribution in [3.05, 3.63) is 60.8 Å². The summed E-state index contributed by atoms with van der Waals surface area (Å²) in [6.07, 6.45) is 85.6. The second kappa shape index (κ2) is 65.1. The minimum atomic E-state index is -0.848. The van der Waals surface area contributed by atoms with E-state index in [1.807, 2.05) is 6.08 Å². The second-order valence-electron chi connectivity index (χ2n) is 22.8. The van der Waals surface area contributed by atoms with Crippen LogP contribution >= 0.6 is 0 Å². The Morgan fingerprint density at radius 1 is 0.368 bits per heavy atom. The van der Waals surface area contributed by atoms with Crippen LogP contribution < -0.4 is 5.32 Å². The van der Waals surface area contributed by atoms with E-state index in [2.05, 4.69) is 67.8 Å². The minimum Gasteiger partial charge on any atom is -0.466 e. The van der Waals surface area contributed by atoms with E-state index < -0.39 is 12.1 Å². The first-order chi connectivity index (χ1) is 37.5. The highest BCUT2D eigenvalue weighted by molar-refractivity contribution is 5.76. The number of esters is 1. The lowest BCUT2D eigenvalue weighted by atomic mass is 10.0. The number of nitrogens with one attached hydrogen (secondary N) is 1. The van der Waals surface area contributed by atoms with Crippen LogP contribution in [0.25, 0.3) is 0 Å². The van der Waals surface area contributed by atoms with Crippen LogP contribution in [-0.2, 0) is 14.3 Å². The maximum absolute atomic E-state index is 12.5. The Labute approximate surface area is 473 Å². The molecule has 0 aromatic heterocycles. The number of hydrogen-bond acceptors (Lipinski definition) is 5. The summed E-state index contributed by atoms with van der Waals surface area (Å²) in [5.41, 5.74) is 0. The van der Waals surface area contributed by atoms with Crippen LogP contribution in [0.2, 0.25) is 0 Å². The molecule has 0 saturated carbocycles. The van der Waals surface area contributed by atoms with Gasteiger partial charge in [0.1, 0.15) is 0 Å². The van der Waals surface area contributed by atoms with Crippen molar-refractivity contribution in [2.45, 2.75) is 360 Å². The van der Waals surface area contributed by atoms with E-state index in [0.717, 1.165) is 57.8 Å². The van der Waals surface area contributed by atoms with E-state index >= 15 is 0 Å². The van der Waals surface area contributed by atoms with Gasteiger partial charge in [-0.3, -0.25) is 9.59 Å². The van der Waals surface area contributed by atoms with Gasteiger partial charge in [-0.15, -0.1) is 0 Å². The Morgan fingerprint density at radius 3 is 1.01 bits per heavy atom. The topological polar surface area (TPSA) is 95.9 Å². The number of ether oxygens (including phenoxy) is 1. The van der Waals surface area contributed by atoms with Gasteiger partial charge in [0.25, 0.3) is 0 Å². The lowest BCUT2D eigenvalue weighted by Gasteiger charge is -2.20. The van der Waals surface area contributed by atoms with Crippen molar-refractivity contribution in [2.75, 3.05) is 13.2 Å².